The molecule has 0 spiro atoms. The van der Waals surface area contributed by atoms with E-state index in [4.69, 9.17) is 11.6 Å². The van der Waals surface area contributed by atoms with Crippen LogP contribution in [0.2, 0.25) is 5.02 Å². The van der Waals surface area contributed by atoms with E-state index in [9.17, 15) is 4.79 Å². The standard InChI is InChI=1S/C22H21ClN4O/c1-16-5-2-3-8-19(16)20-9-10-21(25-24-20)26-11-13-27(14-12-26)22(28)17-6-4-7-18(23)15-17/h2-10,15H,11-14H2,1H3. The van der Waals surface area contributed by atoms with E-state index < -0.39 is 0 Å². The predicted molar refractivity (Wildman–Crippen MR) is 112 cm³/mol. The Hall–Kier alpha value is -2.92. The lowest BCUT2D eigenvalue weighted by atomic mass is 10.1. The van der Waals surface area contributed by atoms with Crippen molar-refractivity contribution in [1.82, 2.24) is 15.1 Å². The molecule has 1 saturated heterocycles. The molecular weight excluding hydrogens is 372 g/mol. The van der Waals surface area contributed by atoms with Gasteiger partial charge in [-0.15, -0.1) is 10.2 Å². The molecule has 0 aliphatic carbocycles. The van der Waals surface area contributed by atoms with Crippen molar-refractivity contribution < 1.29 is 4.79 Å². The lowest BCUT2D eigenvalue weighted by Crippen LogP contribution is -2.49. The molecule has 1 aromatic heterocycles. The zero-order valence-electron chi connectivity index (χ0n) is 15.7. The van der Waals surface area contributed by atoms with E-state index in [-0.39, 0.29) is 5.91 Å². The van der Waals surface area contributed by atoms with Crippen LogP contribution < -0.4 is 4.90 Å². The maximum absolute atomic E-state index is 12.6. The van der Waals surface area contributed by atoms with Gasteiger partial charge in [0.2, 0.25) is 0 Å². The van der Waals surface area contributed by atoms with Crippen LogP contribution in [0.5, 0.6) is 0 Å². The molecule has 3 aromatic rings. The summed E-state index contributed by atoms with van der Waals surface area (Å²) in [4.78, 5) is 16.7. The normalized spacial score (nSPS) is 14.2. The Labute approximate surface area is 169 Å². The lowest BCUT2D eigenvalue weighted by Gasteiger charge is -2.35. The summed E-state index contributed by atoms with van der Waals surface area (Å²) in [6.45, 7) is 4.82. The van der Waals surface area contributed by atoms with E-state index in [2.05, 4.69) is 34.2 Å². The topological polar surface area (TPSA) is 49.3 Å². The fraction of sp³-hybridized carbons (Fsp3) is 0.227. The van der Waals surface area contributed by atoms with Crippen molar-refractivity contribution in [1.29, 1.82) is 0 Å². The van der Waals surface area contributed by atoms with Gasteiger partial charge in [-0.3, -0.25) is 4.79 Å². The van der Waals surface area contributed by atoms with Gasteiger partial charge in [0.15, 0.2) is 5.82 Å². The van der Waals surface area contributed by atoms with Gasteiger partial charge in [0, 0.05) is 42.3 Å². The molecule has 0 radical (unpaired) electrons. The monoisotopic (exact) mass is 392 g/mol. The molecule has 28 heavy (non-hydrogen) atoms. The molecule has 1 fully saturated rings. The van der Waals surface area contributed by atoms with Gasteiger partial charge in [0.25, 0.3) is 5.91 Å². The average Bonchev–Trinajstić information content (AvgIpc) is 2.74. The van der Waals surface area contributed by atoms with Gasteiger partial charge in [-0.1, -0.05) is 41.9 Å². The molecule has 0 N–H and O–H groups in total. The summed E-state index contributed by atoms with van der Waals surface area (Å²) in [5, 5.41) is 9.40. The number of nitrogens with zero attached hydrogens (tertiary/aromatic N) is 4. The fourth-order valence-corrected chi connectivity index (χ4v) is 3.63. The molecule has 1 aliphatic rings. The molecule has 0 atom stereocenters. The number of amides is 1. The van der Waals surface area contributed by atoms with Gasteiger partial charge in [-0.2, -0.15) is 0 Å². The minimum Gasteiger partial charge on any atom is -0.352 e. The van der Waals surface area contributed by atoms with E-state index in [1.54, 1.807) is 24.3 Å². The number of carbonyl (C=O) groups excluding carboxylic acids is 1. The fourth-order valence-electron chi connectivity index (χ4n) is 3.44. The van der Waals surface area contributed by atoms with Crippen molar-refractivity contribution in [2.75, 3.05) is 31.1 Å². The minimum atomic E-state index is 0.0168. The van der Waals surface area contributed by atoms with Crippen LogP contribution in [0.3, 0.4) is 0 Å². The summed E-state index contributed by atoms with van der Waals surface area (Å²) in [5.41, 5.74) is 3.77. The lowest BCUT2D eigenvalue weighted by molar-refractivity contribution is 0.0746. The number of benzene rings is 2. The van der Waals surface area contributed by atoms with E-state index in [1.807, 2.05) is 29.2 Å². The molecule has 1 amide bonds. The van der Waals surface area contributed by atoms with Crippen LogP contribution in [0, 0.1) is 6.92 Å². The SMILES string of the molecule is Cc1ccccc1-c1ccc(N2CCN(C(=O)c3cccc(Cl)c3)CC2)nn1. The smallest absolute Gasteiger partial charge is 0.254 e. The highest BCUT2D eigenvalue weighted by Crippen LogP contribution is 2.22. The molecule has 6 heteroatoms. The van der Waals surface area contributed by atoms with E-state index in [0.717, 1.165) is 30.2 Å². The Morgan fingerprint density at radius 3 is 2.39 bits per heavy atom. The third kappa shape index (κ3) is 3.85. The first-order valence-electron chi connectivity index (χ1n) is 9.31. The van der Waals surface area contributed by atoms with Crippen LogP contribution in [0.25, 0.3) is 11.3 Å². The van der Waals surface area contributed by atoms with Crippen LogP contribution in [0.1, 0.15) is 15.9 Å². The Kier molecular flexibility index (Phi) is 5.26. The number of aryl methyl sites for hydroxylation is 1. The number of hydrogen-bond acceptors (Lipinski definition) is 4. The van der Waals surface area contributed by atoms with Crippen LogP contribution >= 0.6 is 11.6 Å². The predicted octanol–water partition coefficient (Wildman–Crippen LogP) is 4.07. The van der Waals surface area contributed by atoms with E-state index in [1.165, 1.54) is 5.56 Å². The van der Waals surface area contributed by atoms with Crippen LogP contribution in [0.15, 0.2) is 60.7 Å². The highest BCUT2D eigenvalue weighted by molar-refractivity contribution is 6.30. The summed E-state index contributed by atoms with van der Waals surface area (Å²) in [5.74, 6) is 0.857. The van der Waals surface area contributed by atoms with Crippen molar-refractivity contribution in [2.45, 2.75) is 6.92 Å². The second-order valence-electron chi connectivity index (χ2n) is 6.88. The Bertz CT molecular complexity index is 982. The number of carbonyl (C=O) groups is 1. The van der Waals surface area contributed by atoms with Gasteiger partial charge >= 0.3 is 0 Å². The Morgan fingerprint density at radius 1 is 0.929 bits per heavy atom. The highest BCUT2D eigenvalue weighted by Gasteiger charge is 2.23. The molecular formula is C22H21ClN4O. The van der Waals surface area contributed by atoms with Crippen LogP contribution in [-0.2, 0) is 0 Å². The van der Waals surface area contributed by atoms with Crippen molar-refractivity contribution in [3.05, 3.63) is 76.8 Å². The average molecular weight is 393 g/mol. The van der Waals surface area contributed by atoms with Crippen LogP contribution in [0.4, 0.5) is 5.82 Å². The van der Waals surface area contributed by atoms with Crippen molar-refractivity contribution in [3.63, 3.8) is 0 Å². The number of halogens is 1. The van der Waals surface area contributed by atoms with Gasteiger partial charge in [0.05, 0.1) is 5.69 Å². The molecule has 4 rings (SSSR count). The van der Waals surface area contributed by atoms with Crippen molar-refractivity contribution in [3.8, 4) is 11.3 Å². The van der Waals surface area contributed by atoms with Gasteiger partial charge in [-0.25, -0.2) is 0 Å². The zero-order valence-corrected chi connectivity index (χ0v) is 16.4. The summed E-state index contributed by atoms with van der Waals surface area (Å²) >= 11 is 6.00. The zero-order chi connectivity index (χ0) is 19.5. The maximum Gasteiger partial charge on any atom is 0.254 e. The summed E-state index contributed by atoms with van der Waals surface area (Å²) < 4.78 is 0. The highest BCUT2D eigenvalue weighted by atomic mass is 35.5. The molecule has 2 aromatic carbocycles. The second kappa shape index (κ2) is 7.98. The van der Waals surface area contributed by atoms with Gasteiger partial charge in [0.1, 0.15) is 0 Å². The maximum atomic E-state index is 12.6. The molecule has 0 bridgehead atoms. The minimum absolute atomic E-state index is 0.0168. The first-order valence-corrected chi connectivity index (χ1v) is 9.69. The second-order valence-corrected chi connectivity index (χ2v) is 7.32. The quantitative estimate of drug-likeness (QED) is 0.674. The van der Waals surface area contributed by atoms with Gasteiger partial charge in [-0.05, 0) is 42.8 Å². The Balaban J connectivity index is 1.41. The first-order chi connectivity index (χ1) is 13.6. The molecule has 5 nitrogen and oxygen atoms in total. The molecule has 2 heterocycles. The number of piperazine rings is 1. The number of hydrogen-bond donors (Lipinski definition) is 0. The third-order valence-electron chi connectivity index (χ3n) is 5.03. The summed E-state index contributed by atoms with van der Waals surface area (Å²) in [6.07, 6.45) is 0. The molecule has 0 unspecified atom stereocenters. The van der Waals surface area contributed by atoms with Crippen molar-refractivity contribution >= 4 is 23.3 Å². The van der Waals surface area contributed by atoms with E-state index >= 15 is 0 Å². The molecule has 1 aliphatic heterocycles. The molecule has 0 saturated carbocycles. The Morgan fingerprint density at radius 2 is 1.71 bits per heavy atom. The number of anilines is 1. The van der Waals surface area contributed by atoms with E-state index in [0.29, 0.717) is 23.7 Å². The third-order valence-corrected chi connectivity index (χ3v) is 5.27. The summed E-state index contributed by atoms with van der Waals surface area (Å²) in [6, 6.07) is 19.3. The first kappa shape index (κ1) is 18.4. The van der Waals surface area contributed by atoms with Crippen LogP contribution in [-0.4, -0.2) is 47.2 Å². The largest absolute Gasteiger partial charge is 0.352 e. The summed E-state index contributed by atoms with van der Waals surface area (Å²) in [7, 11) is 0. The molecule has 142 valence electrons. The number of rotatable bonds is 3. The number of aromatic nitrogens is 2. The van der Waals surface area contributed by atoms with Gasteiger partial charge < -0.3 is 9.80 Å². The van der Waals surface area contributed by atoms with Crippen molar-refractivity contribution in [2.24, 2.45) is 0 Å².